The summed E-state index contributed by atoms with van der Waals surface area (Å²) in [7, 11) is 0. The molecule has 1 aliphatic rings. The maximum absolute atomic E-state index is 12.0. The summed E-state index contributed by atoms with van der Waals surface area (Å²) in [6, 6.07) is 6.08. The van der Waals surface area contributed by atoms with E-state index in [4.69, 9.17) is 9.47 Å². The molecule has 1 amide bonds. The average Bonchev–Trinajstić information content (AvgIpc) is 3.24. The third kappa shape index (κ3) is 4.99. The lowest BCUT2D eigenvalue weighted by Crippen LogP contribution is -2.12. The molecule has 1 aliphatic heterocycles. The topological polar surface area (TPSA) is 73.3 Å². The third-order valence-corrected chi connectivity index (χ3v) is 4.96. The summed E-state index contributed by atoms with van der Waals surface area (Å²) < 4.78 is 11.3. The van der Waals surface area contributed by atoms with E-state index in [1.807, 2.05) is 19.1 Å². The van der Waals surface area contributed by atoms with E-state index < -0.39 is 0 Å². The lowest BCUT2D eigenvalue weighted by Gasteiger charge is -2.09. The van der Waals surface area contributed by atoms with Gasteiger partial charge in [-0.15, -0.1) is 10.2 Å². The van der Waals surface area contributed by atoms with E-state index in [-0.39, 0.29) is 12.0 Å². The molecule has 0 spiro atoms. The summed E-state index contributed by atoms with van der Waals surface area (Å²) in [5.41, 5.74) is 2.32. The molecule has 1 saturated heterocycles. The molecule has 3 rings (SSSR count). The Morgan fingerprint density at radius 2 is 2.28 bits per heavy atom. The van der Waals surface area contributed by atoms with Crippen LogP contribution < -0.4 is 10.1 Å². The van der Waals surface area contributed by atoms with E-state index in [2.05, 4.69) is 28.5 Å². The minimum atomic E-state index is -0.0701. The molecule has 2 heterocycles. The van der Waals surface area contributed by atoms with Crippen LogP contribution in [-0.4, -0.2) is 29.3 Å². The van der Waals surface area contributed by atoms with Gasteiger partial charge in [-0.1, -0.05) is 29.0 Å². The molecule has 1 fully saturated rings. The van der Waals surface area contributed by atoms with E-state index in [0.717, 1.165) is 35.8 Å². The van der Waals surface area contributed by atoms with Crippen molar-refractivity contribution in [1.29, 1.82) is 0 Å². The molecule has 0 unspecified atom stereocenters. The molecule has 1 aromatic carbocycles. The van der Waals surface area contributed by atoms with Gasteiger partial charge in [-0.25, -0.2) is 0 Å². The SMILES string of the molecule is Cc1ccc(OCCCC(=O)Nc2nnc([C@H]3CCCO3)s2)c(C)c1. The fourth-order valence-electron chi connectivity index (χ4n) is 2.75. The van der Waals surface area contributed by atoms with Gasteiger partial charge in [0.15, 0.2) is 0 Å². The van der Waals surface area contributed by atoms with Gasteiger partial charge in [0.2, 0.25) is 11.0 Å². The third-order valence-electron chi connectivity index (χ3n) is 4.03. The van der Waals surface area contributed by atoms with Crippen LogP contribution in [0.25, 0.3) is 0 Å². The van der Waals surface area contributed by atoms with Gasteiger partial charge in [0, 0.05) is 13.0 Å². The smallest absolute Gasteiger partial charge is 0.226 e. The fourth-order valence-corrected chi connectivity index (χ4v) is 3.59. The molecule has 1 aromatic heterocycles. The first-order valence-corrected chi connectivity index (χ1v) is 9.38. The highest BCUT2D eigenvalue weighted by Crippen LogP contribution is 2.31. The molecule has 0 saturated carbocycles. The number of nitrogens with one attached hydrogen (secondary N) is 1. The first-order chi connectivity index (χ1) is 12.1. The number of rotatable bonds is 7. The van der Waals surface area contributed by atoms with Crippen molar-refractivity contribution in [2.45, 2.75) is 45.6 Å². The highest BCUT2D eigenvalue weighted by Gasteiger charge is 2.22. The second kappa shape index (κ2) is 8.40. The van der Waals surface area contributed by atoms with Crippen molar-refractivity contribution in [2.24, 2.45) is 0 Å². The summed E-state index contributed by atoms with van der Waals surface area (Å²) in [6.07, 6.45) is 3.09. The van der Waals surface area contributed by atoms with Crippen molar-refractivity contribution in [1.82, 2.24) is 10.2 Å². The van der Waals surface area contributed by atoms with Crippen molar-refractivity contribution in [3.63, 3.8) is 0 Å². The van der Waals surface area contributed by atoms with E-state index in [0.29, 0.717) is 24.6 Å². The van der Waals surface area contributed by atoms with E-state index >= 15 is 0 Å². The van der Waals surface area contributed by atoms with Crippen molar-refractivity contribution in [3.8, 4) is 5.75 Å². The van der Waals surface area contributed by atoms with Gasteiger partial charge in [0.1, 0.15) is 16.9 Å². The van der Waals surface area contributed by atoms with Gasteiger partial charge in [0.25, 0.3) is 0 Å². The Hall–Kier alpha value is -1.99. The van der Waals surface area contributed by atoms with Gasteiger partial charge >= 0.3 is 0 Å². The molecular weight excluding hydrogens is 338 g/mol. The van der Waals surface area contributed by atoms with Crippen LogP contribution in [0.4, 0.5) is 5.13 Å². The largest absolute Gasteiger partial charge is 0.493 e. The Bertz CT molecular complexity index is 726. The van der Waals surface area contributed by atoms with Crippen LogP contribution in [0.3, 0.4) is 0 Å². The average molecular weight is 361 g/mol. The number of anilines is 1. The lowest BCUT2D eigenvalue weighted by atomic mass is 10.1. The number of hydrogen-bond acceptors (Lipinski definition) is 6. The van der Waals surface area contributed by atoms with Gasteiger partial charge < -0.3 is 14.8 Å². The van der Waals surface area contributed by atoms with Crippen LogP contribution in [-0.2, 0) is 9.53 Å². The predicted molar refractivity (Wildman–Crippen MR) is 97.1 cm³/mol. The Kier molecular flexibility index (Phi) is 5.99. The maximum atomic E-state index is 12.0. The Morgan fingerprint density at radius 3 is 3.04 bits per heavy atom. The Morgan fingerprint density at radius 1 is 1.40 bits per heavy atom. The standard InChI is InChI=1S/C18H23N3O3S/c1-12-7-8-14(13(2)11-12)23-10-4-6-16(22)19-18-21-20-17(25-18)15-5-3-9-24-15/h7-8,11,15H,3-6,9-10H2,1-2H3,(H,19,21,22)/t15-/m1/s1. The molecule has 2 aromatic rings. The molecule has 25 heavy (non-hydrogen) atoms. The molecule has 7 heteroatoms. The number of ether oxygens (including phenoxy) is 2. The molecular formula is C18H23N3O3S. The van der Waals surface area contributed by atoms with Gasteiger partial charge in [-0.3, -0.25) is 4.79 Å². The molecule has 134 valence electrons. The number of hydrogen-bond donors (Lipinski definition) is 1. The Labute approximate surface area is 151 Å². The van der Waals surface area contributed by atoms with Crippen LogP contribution in [0.2, 0.25) is 0 Å². The fraction of sp³-hybridized carbons (Fsp3) is 0.500. The first kappa shape index (κ1) is 17.8. The molecule has 6 nitrogen and oxygen atoms in total. The molecule has 0 aliphatic carbocycles. The molecule has 1 atom stereocenters. The normalized spacial score (nSPS) is 16.8. The highest BCUT2D eigenvalue weighted by molar-refractivity contribution is 7.15. The van der Waals surface area contributed by atoms with Crippen molar-refractivity contribution >= 4 is 22.4 Å². The number of amides is 1. The summed E-state index contributed by atoms with van der Waals surface area (Å²) in [4.78, 5) is 12.0. The van der Waals surface area contributed by atoms with E-state index in [1.165, 1.54) is 16.9 Å². The molecule has 0 bridgehead atoms. The summed E-state index contributed by atoms with van der Waals surface area (Å²) in [6.45, 7) is 5.36. The number of nitrogens with zero attached hydrogens (tertiary/aromatic N) is 2. The van der Waals surface area contributed by atoms with Gasteiger partial charge in [-0.2, -0.15) is 0 Å². The number of aryl methyl sites for hydroxylation is 2. The van der Waals surface area contributed by atoms with Crippen LogP contribution in [0.1, 0.15) is 47.9 Å². The summed E-state index contributed by atoms with van der Waals surface area (Å²) in [5.74, 6) is 0.801. The van der Waals surface area contributed by atoms with Crippen LogP contribution in [0.15, 0.2) is 18.2 Å². The number of carbonyl (C=O) groups excluding carboxylic acids is 1. The minimum absolute atomic E-state index is 0.0364. The molecule has 1 N–H and O–H groups in total. The zero-order valence-electron chi connectivity index (χ0n) is 14.6. The molecule has 0 radical (unpaired) electrons. The second-order valence-corrected chi connectivity index (χ2v) is 7.23. The lowest BCUT2D eigenvalue weighted by molar-refractivity contribution is -0.116. The zero-order chi connectivity index (χ0) is 17.6. The first-order valence-electron chi connectivity index (χ1n) is 8.57. The van der Waals surface area contributed by atoms with Crippen molar-refractivity contribution in [2.75, 3.05) is 18.5 Å². The number of benzene rings is 1. The van der Waals surface area contributed by atoms with Gasteiger partial charge in [-0.05, 0) is 44.7 Å². The number of aromatic nitrogens is 2. The van der Waals surface area contributed by atoms with Gasteiger partial charge in [0.05, 0.1) is 6.61 Å². The second-order valence-electron chi connectivity index (χ2n) is 6.22. The Balaban J connectivity index is 1.39. The van der Waals surface area contributed by atoms with E-state index in [1.54, 1.807) is 0 Å². The summed E-state index contributed by atoms with van der Waals surface area (Å²) >= 11 is 1.39. The van der Waals surface area contributed by atoms with E-state index in [9.17, 15) is 4.79 Å². The zero-order valence-corrected chi connectivity index (χ0v) is 15.4. The van der Waals surface area contributed by atoms with Crippen molar-refractivity contribution < 1.29 is 14.3 Å². The van der Waals surface area contributed by atoms with Crippen LogP contribution >= 0.6 is 11.3 Å². The predicted octanol–water partition coefficient (Wildman–Crippen LogP) is 3.80. The monoisotopic (exact) mass is 361 g/mol. The number of carbonyl (C=O) groups is 1. The highest BCUT2D eigenvalue weighted by atomic mass is 32.1. The van der Waals surface area contributed by atoms with Crippen LogP contribution in [0.5, 0.6) is 5.75 Å². The quantitative estimate of drug-likeness (QED) is 0.759. The van der Waals surface area contributed by atoms with Crippen LogP contribution in [0, 0.1) is 13.8 Å². The van der Waals surface area contributed by atoms with Crippen molar-refractivity contribution in [3.05, 3.63) is 34.3 Å². The minimum Gasteiger partial charge on any atom is -0.493 e. The maximum Gasteiger partial charge on any atom is 0.226 e. The summed E-state index contributed by atoms with van der Waals surface area (Å²) in [5, 5.41) is 12.3.